The lowest BCUT2D eigenvalue weighted by atomic mass is 10.3. The normalized spacial score (nSPS) is 14.2. The van der Waals surface area contributed by atoms with Crippen LogP contribution < -0.4 is 0 Å². The molecule has 1 heterocycles. The topological polar surface area (TPSA) is 72.2 Å². The predicted molar refractivity (Wildman–Crippen MR) is 86.7 cm³/mol. The lowest BCUT2D eigenvalue weighted by molar-refractivity contribution is -0.133. The fourth-order valence-corrected chi connectivity index (χ4v) is 3.95. The Bertz CT molecular complexity index is 702. The van der Waals surface area contributed by atoms with E-state index in [1.165, 1.54) is 0 Å². The first kappa shape index (κ1) is 16.3. The molecule has 21 heavy (non-hydrogen) atoms. The van der Waals surface area contributed by atoms with E-state index in [4.69, 9.17) is 16.7 Å². The van der Waals surface area contributed by atoms with E-state index in [9.17, 15) is 9.00 Å². The molecule has 5 nitrogen and oxygen atoms in total. The predicted octanol–water partition coefficient (Wildman–Crippen LogP) is 2.81. The van der Waals surface area contributed by atoms with Gasteiger partial charge in [-0.05, 0) is 25.1 Å². The van der Waals surface area contributed by atoms with Crippen molar-refractivity contribution in [1.29, 1.82) is 0 Å². The van der Waals surface area contributed by atoms with Gasteiger partial charge >= 0.3 is 5.97 Å². The molecule has 0 radical (unpaired) electrons. The van der Waals surface area contributed by atoms with Crippen LogP contribution in [-0.2, 0) is 15.6 Å². The van der Waals surface area contributed by atoms with Crippen LogP contribution in [0.5, 0.6) is 0 Å². The molecule has 1 N–H and O–H groups in total. The largest absolute Gasteiger partial charge is 0.481 e. The highest BCUT2D eigenvalue weighted by molar-refractivity contribution is 7.99. The van der Waals surface area contributed by atoms with Gasteiger partial charge in [0.2, 0.25) is 0 Å². The highest BCUT2D eigenvalue weighted by Gasteiger charge is 2.18. The molecule has 0 amide bonds. The fraction of sp³-hybridized carbons (Fsp3) is 0.385. The number of thioether (sulfide) groups is 1. The smallest absolute Gasteiger partial charge is 0.313 e. The molecule has 114 valence electrons. The Kier molecular flexibility index (Phi) is 5.29. The number of carboxylic acids is 1. The zero-order valence-corrected chi connectivity index (χ0v) is 14.0. The van der Waals surface area contributed by atoms with Gasteiger partial charge in [0.25, 0.3) is 0 Å². The van der Waals surface area contributed by atoms with E-state index in [1.54, 1.807) is 18.4 Å². The quantitative estimate of drug-likeness (QED) is 0.814. The molecule has 0 bridgehead atoms. The number of halogens is 1. The van der Waals surface area contributed by atoms with E-state index in [0.717, 1.165) is 17.3 Å². The minimum absolute atomic E-state index is 0.0432. The van der Waals surface area contributed by atoms with Gasteiger partial charge in [0.05, 0.1) is 16.8 Å². The number of aromatic nitrogens is 2. The monoisotopic (exact) mass is 346 g/mol. The van der Waals surface area contributed by atoms with E-state index in [-0.39, 0.29) is 11.8 Å². The van der Waals surface area contributed by atoms with Crippen molar-refractivity contribution in [1.82, 2.24) is 9.55 Å². The second-order valence-electron chi connectivity index (χ2n) is 4.67. The van der Waals surface area contributed by atoms with Crippen LogP contribution in [0.2, 0.25) is 5.02 Å². The first-order valence-electron chi connectivity index (χ1n) is 6.20. The van der Waals surface area contributed by atoms with Gasteiger partial charge in [-0.3, -0.25) is 9.00 Å². The molecule has 0 fully saturated rings. The number of imidazole rings is 1. The maximum Gasteiger partial charge on any atom is 0.313 e. The van der Waals surface area contributed by atoms with Crippen molar-refractivity contribution in [3.8, 4) is 0 Å². The highest BCUT2D eigenvalue weighted by atomic mass is 35.5. The van der Waals surface area contributed by atoms with Crippen molar-refractivity contribution in [2.24, 2.45) is 0 Å². The molecule has 0 aliphatic rings. The Morgan fingerprint density at radius 1 is 1.57 bits per heavy atom. The summed E-state index contributed by atoms with van der Waals surface area (Å²) < 4.78 is 13.4. The summed E-state index contributed by atoms with van der Waals surface area (Å²) >= 11 is 7.13. The van der Waals surface area contributed by atoms with Crippen molar-refractivity contribution in [2.45, 2.75) is 18.1 Å². The van der Waals surface area contributed by atoms with Crippen molar-refractivity contribution >= 4 is 51.2 Å². The molecule has 0 aliphatic carbocycles. The lowest BCUT2D eigenvalue weighted by Crippen LogP contribution is -2.14. The van der Waals surface area contributed by atoms with E-state index in [1.807, 2.05) is 17.6 Å². The Morgan fingerprint density at radius 3 is 2.90 bits per heavy atom. The van der Waals surface area contributed by atoms with Crippen molar-refractivity contribution in [3.05, 3.63) is 23.2 Å². The summed E-state index contributed by atoms with van der Waals surface area (Å²) in [6.07, 6.45) is 1.65. The first-order valence-corrected chi connectivity index (χ1v) is 9.29. The molecule has 2 aromatic rings. The lowest BCUT2D eigenvalue weighted by Gasteiger charge is -2.15. The number of fused-ring (bicyclic) bond motifs is 1. The third-order valence-electron chi connectivity index (χ3n) is 2.86. The van der Waals surface area contributed by atoms with E-state index in [0.29, 0.717) is 21.4 Å². The van der Waals surface area contributed by atoms with Crippen LogP contribution in [-0.4, -0.2) is 42.6 Å². The highest BCUT2D eigenvalue weighted by Crippen LogP contribution is 2.29. The molecule has 1 aromatic heterocycles. The Hall–Kier alpha value is -1.05. The van der Waals surface area contributed by atoms with Crippen molar-refractivity contribution < 1.29 is 14.1 Å². The van der Waals surface area contributed by atoms with Gasteiger partial charge in [0.15, 0.2) is 5.16 Å². The number of carbonyl (C=O) groups is 1. The Morgan fingerprint density at radius 2 is 2.29 bits per heavy atom. The molecular formula is C13H15ClN2O3S2. The summed E-state index contributed by atoms with van der Waals surface area (Å²) in [5, 5.41) is 10.0. The van der Waals surface area contributed by atoms with Gasteiger partial charge in [0.1, 0.15) is 0 Å². The molecule has 0 spiro atoms. The summed E-state index contributed by atoms with van der Waals surface area (Å²) in [5.74, 6) is -0.489. The number of hydrogen-bond acceptors (Lipinski definition) is 4. The summed E-state index contributed by atoms with van der Waals surface area (Å²) in [5.41, 5.74) is 1.58. The average molecular weight is 347 g/mol. The van der Waals surface area contributed by atoms with Crippen LogP contribution in [0, 0.1) is 0 Å². The van der Waals surface area contributed by atoms with E-state index in [2.05, 4.69) is 4.98 Å². The van der Waals surface area contributed by atoms with Crippen LogP contribution >= 0.6 is 23.4 Å². The molecule has 2 rings (SSSR count). The molecular weight excluding hydrogens is 332 g/mol. The molecule has 0 aliphatic heterocycles. The third kappa shape index (κ3) is 3.99. The van der Waals surface area contributed by atoms with Crippen LogP contribution in [0.3, 0.4) is 0 Å². The molecule has 0 saturated heterocycles. The molecule has 0 saturated carbocycles. The van der Waals surface area contributed by atoms with E-state index < -0.39 is 16.8 Å². The second kappa shape index (κ2) is 6.81. The molecule has 2 unspecified atom stereocenters. The fourth-order valence-electron chi connectivity index (χ4n) is 2.12. The number of aliphatic carboxylic acids is 1. The standard InChI is InChI=1S/C13H15ClN2O3S2/c1-8(7-21(2)19)16-11-4-3-9(14)5-10(11)15-13(16)20-6-12(17)18/h3-5,8H,6-7H2,1-2H3,(H,17,18). The zero-order valence-electron chi connectivity index (χ0n) is 11.6. The number of rotatable bonds is 6. The minimum Gasteiger partial charge on any atom is -0.481 e. The number of carboxylic acid groups (broad SMARTS) is 1. The Balaban J connectivity index is 2.48. The van der Waals surface area contributed by atoms with Crippen molar-refractivity contribution in [2.75, 3.05) is 17.8 Å². The van der Waals surface area contributed by atoms with Gasteiger partial charge in [-0.15, -0.1) is 0 Å². The van der Waals surface area contributed by atoms with Gasteiger partial charge < -0.3 is 9.67 Å². The van der Waals surface area contributed by atoms with Crippen molar-refractivity contribution in [3.63, 3.8) is 0 Å². The zero-order chi connectivity index (χ0) is 15.6. The third-order valence-corrected chi connectivity index (χ3v) is 4.98. The molecule has 1 aromatic carbocycles. The van der Waals surface area contributed by atoms with Crippen LogP contribution in [0.1, 0.15) is 13.0 Å². The summed E-state index contributed by atoms with van der Waals surface area (Å²) in [6.45, 7) is 1.95. The first-order chi connectivity index (χ1) is 9.88. The van der Waals surface area contributed by atoms with Gasteiger partial charge in [-0.2, -0.15) is 0 Å². The minimum atomic E-state index is -0.949. The Labute approximate surface area is 134 Å². The van der Waals surface area contributed by atoms with Gasteiger partial charge in [-0.1, -0.05) is 23.4 Å². The maximum absolute atomic E-state index is 11.5. The molecule has 2 atom stereocenters. The van der Waals surface area contributed by atoms with Crippen LogP contribution in [0.25, 0.3) is 11.0 Å². The summed E-state index contributed by atoms with van der Waals surface area (Å²) in [6, 6.07) is 5.32. The number of nitrogens with zero attached hydrogens (tertiary/aromatic N) is 2. The molecule has 8 heteroatoms. The SMILES string of the molecule is CC(CS(C)=O)n1c(SCC(=O)O)nc2cc(Cl)ccc21. The van der Waals surface area contributed by atoms with Crippen LogP contribution in [0.4, 0.5) is 0 Å². The number of hydrogen-bond donors (Lipinski definition) is 1. The van der Waals surface area contributed by atoms with E-state index >= 15 is 0 Å². The van der Waals surface area contributed by atoms with Gasteiger partial charge in [-0.25, -0.2) is 4.98 Å². The summed E-state index contributed by atoms with van der Waals surface area (Å²) in [7, 11) is -0.949. The summed E-state index contributed by atoms with van der Waals surface area (Å²) in [4.78, 5) is 15.2. The van der Waals surface area contributed by atoms with Gasteiger partial charge in [0, 0.05) is 33.9 Å². The maximum atomic E-state index is 11.5. The second-order valence-corrected chi connectivity index (χ2v) is 7.53. The average Bonchev–Trinajstić information content (AvgIpc) is 2.72. The number of benzene rings is 1. The van der Waals surface area contributed by atoms with Crippen LogP contribution in [0.15, 0.2) is 23.4 Å².